The van der Waals surface area contributed by atoms with E-state index in [2.05, 4.69) is 5.32 Å². The minimum absolute atomic E-state index is 0.0856. The van der Waals surface area contributed by atoms with Crippen molar-refractivity contribution in [1.82, 2.24) is 5.32 Å². The number of halogens is 1. The first kappa shape index (κ1) is 16.7. The Bertz CT molecular complexity index is 678. The van der Waals surface area contributed by atoms with E-state index in [1.54, 1.807) is 18.2 Å². The molecule has 0 aliphatic carbocycles. The van der Waals surface area contributed by atoms with Crippen molar-refractivity contribution in [2.75, 3.05) is 19.8 Å². The molecule has 1 heterocycles. The number of carbonyl (C=O) groups excluding carboxylic acids is 1. The molecule has 1 unspecified atom stereocenters. The number of amides is 1. The van der Waals surface area contributed by atoms with Gasteiger partial charge in [0.2, 0.25) is 0 Å². The summed E-state index contributed by atoms with van der Waals surface area (Å²) in [5, 5.41) is 2.99. The number of hydrogen-bond acceptors (Lipinski definition) is 2. The number of benzene rings is 2. The third-order valence-electron chi connectivity index (χ3n) is 4.43. The summed E-state index contributed by atoms with van der Waals surface area (Å²) < 4.78 is 18.5. The Kier molecular flexibility index (Phi) is 5.59. The van der Waals surface area contributed by atoms with E-state index in [1.165, 1.54) is 12.1 Å². The zero-order valence-corrected chi connectivity index (χ0v) is 13.6. The van der Waals surface area contributed by atoms with Gasteiger partial charge >= 0.3 is 0 Å². The molecule has 4 heteroatoms. The molecule has 1 N–H and O–H groups in total. The van der Waals surface area contributed by atoms with Crippen LogP contribution in [-0.4, -0.2) is 25.7 Å². The third kappa shape index (κ3) is 4.20. The molecule has 1 amide bonds. The van der Waals surface area contributed by atoms with Crippen LogP contribution in [0.4, 0.5) is 4.39 Å². The van der Waals surface area contributed by atoms with E-state index in [4.69, 9.17) is 4.74 Å². The van der Waals surface area contributed by atoms with Gasteiger partial charge in [0.25, 0.3) is 5.91 Å². The Morgan fingerprint density at radius 3 is 2.71 bits per heavy atom. The Labute approximate surface area is 141 Å². The maximum absolute atomic E-state index is 13.1. The van der Waals surface area contributed by atoms with E-state index in [1.807, 2.05) is 18.2 Å². The van der Waals surface area contributed by atoms with Crippen molar-refractivity contribution in [2.45, 2.75) is 19.3 Å². The summed E-state index contributed by atoms with van der Waals surface area (Å²) in [5.74, 6) is 0.266. The van der Waals surface area contributed by atoms with Crippen molar-refractivity contribution in [3.8, 4) is 11.1 Å². The molecule has 1 atom stereocenters. The van der Waals surface area contributed by atoms with Crippen LogP contribution in [0.3, 0.4) is 0 Å². The highest BCUT2D eigenvalue weighted by molar-refractivity contribution is 6.00. The van der Waals surface area contributed by atoms with Crippen LogP contribution in [0.1, 0.15) is 29.6 Å². The summed E-state index contributed by atoms with van der Waals surface area (Å²) in [4.78, 5) is 12.5. The molecule has 1 aliphatic heterocycles. The van der Waals surface area contributed by atoms with Crippen LogP contribution < -0.4 is 5.32 Å². The smallest absolute Gasteiger partial charge is 0.251 e. The summed E-state index contributed by atoms with van der Waals surface area (Å²) >= 11 is 0. The Morgan fingerprint density at radius 1 is 1.17 bits per heavy atom. The van der Waals surface area contributed by atoms with Crippen molar-refractivity contribution in [2.24, 2.45) is 5.92 Å². The van der Waals surface area contributed by atoms with Crippen LogP contribution in [0, 0.1) is 11.7 Å². The van der Waals surface area contributed by atoms with Crippen LogP contribution in [0.15, 0.2) is 48.5 Å². The first-order valence-corrected chi connectivity index (χ1v) is 8.45. The van der Waals surface area contributed by atoms with Gasteiger partial charge in [0.1, 0.15) is 5.82 Å². The molecular formula is C20H22FNO2. The first-order chi connectivity index (χ1) is 11.7. The molecule has 0 saturated carbocycles. The van der Waals surface area contributed by atoms with Crippen LogP contribution >= 0.6 is 0 Å². The molecule has 0 bridgehead atoms. The minimum Gasteiger partial charge on any atom is -0.381 e. The quantitative estimate of drug-likeness (QED) is 0.813. The third-order valence-corrected chi connectivity index (χ3v) is 4.43. The predicted molar refractivity (Wildman–Crippen MR) is 92.3 cm³/mol. The second-order valence-electron chi connectivity index (χ2n) is 6.18. The maximum Gasteiger partial charge on any atom is 0.251 e. The molecule has 1 fully saturated rings. The van der Waals surface area contributed by atoms with Gasteiger partial charge in [0.15, 0.2) is 0 Å². The van der Waals surface area contributed by atoms with Crippen molar-refractivity contribution in [1.29, 1.82) is 0 Å². The molecule has 126 valence electrons. The van der Waals surface area contributed by atoms with Crippen molar-refractivity contribution >= 4 is 5.91 Å². The fraction of sp³-hybridized carbons (Fsp3) is 0.350. The van der Waals surface area contributed by atoms with Crippen molar-refractivity contribution < 1.29 is 13.9 Å². The largest absolute Gasteiger partial charge is 0.381 e. The molecule has 1 aliphatic rings. The highest BCUT2D eigenvalue weighted by Gasteiger charge is 2.16. The topological polar surface area (TPSA) is 38.3 Å². The molecule has 2 aromatic rings. The standard InChI is InChI=1S/C20H22FNO2/c21-17-9-7-16(8-10-17)18-5-1-2-6-19(18)20(23)22-12-3-4-15-11-13-24-14-15/h1-2,5-10,15H,3-4,11-14H2,(H,22,23). The first-order valence-electron chi connectivity index (χ1n) is 8.45. The van der Waals surface area contributed by atoms with Gasteiger partial charge in [0.05, 0.1) is 0 Å². The highest BCUT2D eigenvalue weighted by atomic mass is 19.1. The number of rotatable bonds is 6. The normalized spacial score (nSPS) is 17.0. The lowest BCUT2D eigenvalue weighted by Crippen LogP contribution is -2.25. The summed E-state index contributed by atoms with van der Waals surface area (Å²) in [6.07, 6.45) is 3.17. The Balaban J connectivity index is 1.61. The highest BCUT2D eigenvalue weighted by Crippen LogP contribution is 2.24. The summed E-state index contributed by atoms with van der Waals surface area (Å²) in [7, 11) is 0. The number of nitrogens with one attached hydrogen (secondary N) is 1. The molecule has 0 spiro atoms. The van der Waals surface area contributed by atoms with Gasteiger partial charge in [-0.3, -0.25) is 4.79 Å². The van der Waals surface area contributed by atoms with Crippen LogP contribution in [0.2, 0.25) is 0 Å². The molecule has 3 rings (SSSR count). The fourth-order valence-electron chi connectivity index (χ4n) is 3.06. The lowest BCUT2D eigenvalue weighted by molar-refractivity contribution is 0.0953. The Morgan fingerprint density at radius 2 is 1.96 bits per heavy atom. The van der Waals surface area contributed by atoms with E-state index < -0.39 is 0 Å². The van der Waals surface area contributed by atoms with E-state index in [0.29, 0.717) is 18.0 Å². The SMILES string of the molecule is O=C(NCCCC1CCOC1)c1ccccc1-c1ccc(F)cc1. The van der Waals surface area contributed by atoms with Crippen LogP contribution in [-0.2, 0) is 4.74 Å². The van der Waals surface area contributed by atoms with E-state index in [0.717, 1.165) is 43.6 Å². The van der Waals surface area contributed by atoms with Gasteiger partial charge in [-0.15, -0.1) is 0 Å². The second kappa shape index (κ2) is 8.06. The molecule has 1 saturated heterocycles. The van der Waals surface area contributed by atoms with Gasteiger partial charge in [-0.25, -0.2) is 4.39 Å². The van der Waals surface area contributed by atoms with E-state index in [9.17, 15) is 9.18 Å². The van der Waals surface area contributed by atoms with Crippen LogP contribution in [0.25, 0.3) is 11.1 Å². The lowest BCUT2D eigenvalue weighted by Gasteiger charge is -2.11. The summed E-state index contributed by atoms with van der Waals surface area (Å²) in [6.45, 7) is 2.37. The molecule has 3 nitrogen and oxygen atoms in total. The molecular weight excluding hydrogens is 305 g/mol. The fourth-order valence-corrected chi connectivity index (χ4v) is 3.06. The van der Waals surface area contributed by atoms with E-state index >= 15 is 0 Å². The van der Waals surface area contributed by atoms with Crippen molar-refractivity contribution in [3.63, 3.8) is 0 Å². The van der Waals surface area contributed by atoms with Gasteiger partial charge in [0, 0.05) is 25.3 Å². The average molecular weight is 327 g/mol. The van der Waals surface area contributed by atoms with Gasteiger partial charge in [-0.1, -0.05) is 30.3 Å². The zero-order valence-electron chi connectivity index (χ0n) is 13.6. The summed E-state index contributed by atoms with van der Waals surface area (Å²) in [6, 6.07) is 13.6. The molecule has 2 aromatic carbocycles. The Hall–Kier alpha value is -2.20. The molecule has 24 heavy (non-hydrogen) atoms. The monoisotopic (exact) mass is 327 g/mol. The minimum atomic E-state index is -0.281. The number of carbonyl (C=O) groups is 1. The summed E-state index contributed by atoms with van der Waals surface area (Å²) in [5.41, 5.74) is 2.28. The predicted octanol–water partition coefficient (Wildman–Crippen LogP) is 4.04. The maximum atomic E-state index is 13.1. The van der Waals surface area contributed by atoms with E-state index in [-0.39, 0.29) is 11.7 Å². The van der Waals surface area contributed by atoms with Gasteiger partial charge in [-0.2, -0.15) is 0 Å². The van der Waals surface area contributed by atoms with Crippen LogP contribution in [0.5, 0.6) is 0 Å². The zero-order chi connectivity index (χ0) is 16.8. The molecule has 0 radical (unpaired) electrons. The average Bonchev–Trinajstić information content (AvgIpc) is 3.13. The van der Waals surface area contributed by atoms with Gasteiger partial charge in [-0.05, 0) is 54.5 Å². The number of ether oxygens (including phenoxy) is 1. The van der Waals surface area contributed by atoms with Crippen molar-refractivity contribution in [3.05, 3.63) is 59.9 Å². The second-order valence-corrected chi connectivity index (χ2v) is 6.18. The number of hydrogen-bond donors (Lipinski definition) is 1. The lowest BCUT2D eigenvalue weighted by atomic mass is 9.99. The van der Waals surface area contributed by atoms with Gasteiger partial charge < -0.3 is 10.1 Å². The molecule has 0 aromatic heterocycles.